The molecule has 34 heavy (non-hydrogen) atoms. The van der Waals surface area contributed by atoms with Gasteiger partial charge in [-0.15, -0.1) is 0 Å². The Morgan fingerprint density at radius 2 is 1.79 bits per heavy atom. The van der Waals surface area contributed by atoms with Gasteiger partial charge in [-0.25, -0.2) is 4.79 Å². The van der Waals surface area contributed by atoms with Crippen LogP contribution in [0.15, 0.2) is 48.5 Å². The van der Waals surface area contributed by atoms with Crippen molar-refractivity contribution in [3.05, 3.63) is 65.2 Å². The van der Waals surface area contributed by atoms with E-state index < -0.39 is 17.7 Å². The number of thioether (sulfide) groups is 1. The van der Waals surface area contributed by atoms with E-state index in [-0.39, 0.29) is 11.8 Å². The van der Waals surface area contributed by atoms with Gasteiger partial charge in [0.15, 0.2) is 0 Å². The summed E-state index contributed by atoms with van der Waals surface area (Å²) in [7, 11) is 1.67. The fourth-order valence-corrected chi connectivity index (χ4v) is 3.66. The van der Waals surface area contributed by atoms with Gasteiger partial charge in [-0.2, -0.15) is 11.8 Å². The Kier molecular flexibility index (Phi) is 9.98. The highest BCUT2D eigenvalue weighted by atomic mass is 32.2. The molecule has 8 heteroatoms. The summed E-state index contributed by atoms with van der Waals surface area (Å²) in [6, 6.07) is 13.9. The second-order valence-electron chi connectivity index (χ2n) is 9.20. The van der Waals surface area contributed by atoms with Crippen LogP contribution in [0, 0.1) is 6.92 Å². The molecule has 0 spiro atoms. The molecule has 2 N–H and O–H groups in total. The predicted molar refractivity (Wildman–Crippen MR) is 138 cm³/mol. The number of carbonyl (C=O) groups is 3. The van der Waals surface area contributed by atoms with E-state index in [2.05, 4.69) is 10.6 Å². The van der Waals surface area contributed by atoms with Crippen molar-refractivity contribution in [1.82, 2.24) is 10.2 Å². The lowest BCUT2D eigenvalue weighted by atomic mass is 10.1. The second kappa shape index (κ2) is 12.5. The number of nitrogens with one attached hydrogen (secondary N) is 2. The molecule has 0 aromatic heterocycles. The first-order chi connectivity index (χ1) is 16.0. The Labute approximate surface area is 206 Å². The van der Waals surface area contributed by atoms with E-state index in [0.717, 1.165) is 16.9 Å². The molecule has 0 bridgehead atoms. The predicted octanol–water partition coefficient (Wildman–Crippen LogP) is 4.85. The molecule has 0 saturated carbocycles. The van der Waals surface area contributed by atoms with E-state index in [4.69, 9.17) is 4.74 Å². The molecule has 0 heterocycles. The zero-order chi connectivity index (χ0) is 25.3. The molecule has 0 fully saturated rings. The minimum atomic E-state index is -0.673. The lowest BCUT2D eigenvalue weighted by Gasteiger charge is -2.25. The molecule has 2 rings (SSSR count). The number of anilines is 1. The number of amides is 3. The summed E-state index contributed by atoms with van der Waals surface area (Å²) in [6.45, 7) is 7.71. The molecule has 3 amide bonds. The quantitative estimate of drug-likeness (QED) is 0.530. The number of benzene rings is 2. The van der Waals surface area contributed by atoms with Gasteiger partial charge >= 0.3 is 6.09 Å². The molecule has 184 valence electrons. The van der Waals surface area contributed by atoms with E-state index in [0.29, 0.717) is 24.2 Å². The average molecular weight is 486 g/mol. The highest BCUT2D eigenvalue weighted by molar-refractivity contribution is 7.98. The fourth-order valence-electron chi connectivity index (χ4n) is 3.19. The third-order valence-corrected chi connectivity index (χ3v) is 5.48. The smallest absolute Gasteiger partial charge is 0.410 e. The van der Waals surface area contributed by atoms with Gasteiger partial charge in [-0.1, -0.05) is 29.8 Å². The minimum absolute atomic E-state index is 0.280. The molecule has 0 aliphatic heterocycles. The zero-order valence-corrected chi connectivity index (χ0v) is 21.6. The standard InChI is InChI=1S/C26H35N3O4S/c1-18-9-7-11-20(15-18)23(30)28-22(13-14-34-6)24(31)27-21-12-8-10-19(16-21)17-29(5)25(32)33-26(2,3)4/h7-12,15-16,22H,13-14,17H2,1-6H3,(H,27,31)(H,28,30). The van der Waals surface area contributed by atoms with Gasteiger partial charge in [0, 0.05) is 24.8 Å². The van der Waals surface area contributed by atoms with E-state index >= 15 is 0 Å². The summed E-state index contributed by atoms with van der Waals surface area (Å²) in [6.07, 6.45) is 2.05. The van der Waals surface area contributed by atoms with Crippen molar-refractivity contribution in [2.45, 2.75) is 52.3 Å². The average Bonchev–Trinajstić information content (AvgIpc) is 2.75. The van der Waals surface area contributed by atoms with Crippen molar-refractivity contribution in [2.75, 3.05) is 24.4 Å². The molecular formula is C26H35N3O4S. The Balaban J connectivity index is 2.07. The normalized spacial score (nSPS) is 11.9. The summed E-state index contributed by atoms with van der Waals surface area (Å²) >= 11 is 1.61. The summed E-state index contributed by atoms with van der Waals surface area (Å²) in [4.78, 5) is 39.5. The molecule has 2 aromatic carbocycles. The molecule has 0 radical (unpaired) electrons. The molecule has 1 unspecified atom stereocenters. The van der Waals surface area contributed by atoms with Crippen LogP contribution >= 0.6 is 11.8 Å². The van der Waals surface area contributed by atoms with Crippen molar-refractivity contribution >= 4 is 35.4 Å². The minimum Gasteiger partial charge on any atom is -0.444 e. The highest BCUT2D eigenvalue weighted by Crippen LogP contribution is 2.16. The van der Waals surface area contributed by atoms with Gasteiger partial charge < -0.3 is 20.3 Å². The lowest BCUT2D eigenvalue weighted by molar-refractivity contribution is -0.118. The number of ether oxygens (including phenoxy) is 1. The van der Waals surface area contributed by atoms with Crippen molar-refractivity contribution in [1.29, 1.82) is 0 Å². The summed E-state index contributed by atoms with van der Waals surface area (Å²) in [5.74, 6) is 0.165. The fraction of sp³-hybridized carbons (Fsp3) is 0.423. The maximum atomic E-state index is 13.0. The SMILES string of the molecule is CSCCC(NC(=O)c1cccc(C)c1)C(=O)Nc1cccc(CN(C)C(=O)OC(C)(C)C)c1. The summed E-state index contributed by atoms with van der Waals surface area (Å²) in [5, 5.41) is 5.77. The van der Waals surface area contributed by atoms with Crippen LogP contribution in [-0.2, 0) is 16.1 Å². The molecule has 0 saturated heterocycles. The van der Waals surface area contributed by atoms with Crippen LogP contribution in [0.4, 0.5) is 10.5 Å². The van der Waals surface area contributed by atoms with Crippen LogP contribution in [0.3, 0.4) is 0 Å². The molecule has 7 nitrogen and oxygen atoms in total. The van der Waals surface area contributed by atoms with E-state index in [1.54, 1.807) is 37.0 Å². The first kappa shape index (κ1) is 27.2. The van der Waals surface area contributed by atoms with Crippen LogP contribution in [0.1, 0.15) is 48.7 Å². The van der Waals surface area contributed by atoms with Crippen molar-refractivity contribution in [3.63, 3.8) is 0 Å². The summed E-state index contributed by atoms with van der Waals surface area (Å²) in [5.41, 5.74) is 2.37. The third kappa shape index (κ3) is 9.09. The van der Waals surface area contributed by atoms with Crippen LogP contribution in [0.2, 0.25) is 0 Å². The molecule has 1 atom stereocenters. The molecule has 0 aliphatic rings. The van der Waals surface area contributed by atoms with Crippen LogP contribution in [0.25, 0.3) is 0 Å². The van der Waals surface area contributed by atoms with Gasteiger partial charge in [0.1, 0.15) is 11.6 Å². The lowest BCUT2D eigenvalue weighted by Crippen LogP contribution is -2.44. The van der Waals surface area contributed by atoms with E-state index in [9.17, 15) is 14.4 Å². The monoisotopic (exact) mass is 485 g/mol. The molecule has 2 aromatic rings. The maximum Gasteiger partial charge on any atom is 0.410 e. The first-order valence-corrected chi connectivity index (χ1v) is 12.6. The largest absolute Gasteiger partial charge is 0.444 e. The van der Waals surface area contributed by atoms with Gasteiger partial charge in [-0.3, -0.25) is 9.59 Å². The van der Waals surface area contributed by atoms with Crippen LogP contribution in [0.5, 0.6) is 0 Å². The van der Waals surface area contributed by atoms with Gasteiger partial charge in [0.25, 0.3) is 5.91 Å². The Bertz CT molecular complexity index is 1000. The number of rotatable bonds is 9. The third-order valence-electron chi connectivity index (χ3n) is 4.83. The Morgan fingerprint density at radius 1 is 1.09 bits per heavy atom. The zero-order valence-electron chi connectivity index (χ0n) is 20.8. The maximum absolute atomic E-state index is 13.0. The number of nitrogens with zero attached hydrogens (tertiary/aromatic N) is 1. The van der Waals surface area contributed by atoms with Crippen molar-refractivity contribution in [2.24, 2.45) is 0 Å². The van der Waals surface area contributed by atoms with Crippen LogP contribution in [-0.4, -0.2) is 53.5 Å². The van der Waals surface area contributed by atoms with Gasteiger partial charge in [0.05, 0.1) is 0 Å². The van der Waals surface area contributed by atoms with Crippen molar-refractivity contribution in [3.8, 4) is 0 Å². The van der Waals surface area contributed by atoms with E-state index in [1.165, 1.54) is 4.90 Å². The number of hydrogen-bond donors (Lipinski definition) is 2. The number of aryl methyl sites for hydroxylation is 1. The second-order valence-corrected chi connectivity index (χ2v) is 10.2. The highest BCUT2D eigenvalue weighted by Gasteiger charge is 2.22. The van der Waals surface area contributed by atoms with Gasteiger partial charge in [0.2, 0.25) is 5.91 Å². The van der Waals surface area contributed by atoms with Crippen LogP contribution < -0.4 is 10.6 Å². The Morgan fingerprint density at radius 3 is 2.44 bits per heavy atom. The molecular weight excluding hydrogens is 450 g/mol. The summed E-state index contributed by atoms with van der Waals surface area (Å²) < 4.78 is 5.39. The molecule has 0 aliphatic carbocycles. The van der Waals surface area contributed by atoms with E-state index in [1.807, 2.05) is 64.3 Å². The Hall–Kier alpha value is -3.00. The van der Waals surface area contributed by atoms with Gasteiger partial charge in [-0.05, 0) is 76.0 Å². The van der Waals surface area contributed by atoms with Crippen molar-refractivity contribution < 1.29 is 19.1 Å². The number of hydrogen-bond acceptors (Lipinski definition) is 5. The topological polar surface area (TPSA) is 87.7 Å². The number of carbonyl (C=O) groups excluding carboxylic acids is 3. The first-order valence-electron chi connectivity index (χ1n) is 11.2.